The van der Waals surface area contributed by atoms with Crippen LogP contribution in [0.3, 0.4) is 0 Å². The molecule has 114 valence electrons. The van der Waals surface area contributed by atoms with Crippen LogP contribution >= 0.6 is 0 Å². The number of hydrogen-bond acceptors (Lipinski definition) is 1. The summed E-state index contributed by atoms with van der Waals surface area (Å²) in [7, 11) is 2.01. The van der Waals surface area contributed by atoms with Crippen molar-refractivity contribution in [1.29, 1.82) is 5.26 Å². The molecular formula is C21H20N2. The largest absolute Gasteiger partial charge is 0.335 e. The maximum Gasteiger partial charge on any atom is 0.124 e. The summed E-state index contributed by atoms with van der Waals surface area (Å²) in [6.07, 6.45) is 2.15. The van der Waals surface area contributed by atoms with E-state index in [1.807, 2.05) is 13.1 Å². The molecule has 1 aromatic heterocycles. The molecule has 0 bridgehead atoms. The molecule has 0 aliphatic heterocycles. The van der Waals surface area contributed by atoms with E-state index in [1.54, 1.807) is 0 Å². The molecule has 0 amide bonds. The minimum absolute atomic E-state index is 0.401. The summed E-state index contributed by atoms with van der Waals surface area (Å²) in [4.78, 5) is 0. The number of hydrogen-bond donors (Lipinski definition) is 0. The summed E-state index contributed by atoms with van der Waals surface area (Å²) in [6, 6.07) is 19.6. The fourth-order valence-corrected chi connectivity index (χ4v) is 4.42. The predicted octanol–water partition coefficient (Wildman–Crippen LogP) is 4.88. The second kappa shape index (κ2) is 5.28. The first-order chi connectivity index (χ1) is 11.3. The van der Waals surface area contributed by atoms with Crippen LogP contribution in [0, 0.1) is 11.3 Å². The van der Waals surface area contributed by atoms with Crippen molar-refractivity contribution in [3.8, 4) is 6.07 Å². The molecule has 0 N–H and O–H groups in total. The zero-order valence-electron chi connectivity index (χ0n) is 13.6. The second-order valence-electron chi connectivity index (χ2n) is 6.47. The van der Waals surface area contributed by atoms with Crippen LogP contribution in [-0.2, 0) is 13.5 Å². The van der Waals surface area contributed by atoms with Crippen molar-refractivity contribution in [3.63, 3.8) is 0 Å². The SMILES string of the molecule is CC[C@@H]1c2ccccc2C[C@H]1c1c(C#N)n(C)c2ccccc12. The van der Waals surface area contributed by atoms with Gasteiger partial charge in [0.25, 0.3) is 0 Å². The Labute approximate surface area is 137 Å². The van der Waals surface area contributed by atoms with E-state index in [0.717, 1.165) is 24.1 Å². The van der Waals surface area contributed by atoms with Gasteiger partial charge in [-0.05, 0) is 41.9 Å². The molecule has 0 unspecified atom stereocenters. The Morgan fingerprint density at radius 2 is 1.87 bits per heavy atom. The van der Waals surface area contributed by atoms with Crippen molar-refractivity contribution in [1.82, 2.24) is 4.57 Å². The first-order valence-corrected chi connectivity index (χ1v) is 8.31. The van der Waals surface area contributed by atoms with E-state index in [1.165, 1.54) is 22.1 Å². The summed E-state index contributed by atoms with van der Waals surface area (Å²) in [5.41, 5.74) is 6.14. The zero-order chi connectivity index (χ0) is 16.0. The molecular weight excluding hydrogens is 280 g/mol. The number of aromatic nitrogens is 1. The van der Waals surface area contributed by atoms with Gasteiger partial charge in [0.15, 0.2) is 0 Å². The predicted molar refractivity (Wildman–Crippen MR) is 93.6 cm³/mol. The third-order valence-corrected chi connectivity index (χ3v) is 5.44. The Bertz CT molecular complexity index is 927. The Morgan fingerprint density at radius 1 is 1.13 bits per heavy atom. The van der Waals surface area contributed by atoms with Gasteiger partial charge in [0, 0.05) is 23.5 Å². The van der Waals surface area contributed by atoms with Gasteiger partial charge in [-0.15, -0.1) is 0 Å². The highest BCUT2D eigenvalue weighted by Gasteiger charge is 2.35. The van der Waals surface area contributed by atoms with Crippen molar-refractivity contribution in [2.75, 3.05) is 0 Å². The highest BCUT2D eigenvalue weighted by atomic mass is 14.9. The van der Waals surface area contributed by atoms with E-state index in [2.05, 4.69) is 60.0 Å². The smallest absolute Gasteiger partial charge is 0.124 e. The highest BCUT2D eigenvalue weighted by molar-refractivity contribution is 5.87. The lowest BCUT2D eigenvalue weighted by Gasteiger charge is -2.19. The molecule has 0 saturated heterocycles. The molecule has 2 aromatic carbocycles. The van der Waals surface area contributed by atoms with Gasteiger partial charge < -0.3 is 4.57 Å². The molecule has 2 heteroatoms. The number of para-hydroxylation sites is 1. The van der Waals surface area contributed by atoms with E-state index < -0.39 is 0 Å². The van der Waals surface area contributed by atoms with Crippen molar-refractivity contribution in [3.05, 3.63) is 70.9 Å². The highest BCUT2D eigenvalue weighted by Crippen LogP contribution is 2.48. The van der Waals surface area contributed by atoms with Crippen LogP contribution in [0.2, 0.25) is 0 Å². The number of aryl methyl sites for hydroxylation is 1. The molecule has 1 aliphatic carbocycles. The number of fused-ring (bicyclic) bond motifs is 2. The maximum absolute atomic E-state index is 9.77. The van der Waals surface area contributed by atoms with Gasteiger partial charge in [-0.25, -0.2) is 0 Å². The summed E-state index contributed by atoms with van der Waals surface area (Å²) in [5, 5.41) is 11.0. The lowest BCUT2D eigenvalue weighted by atomic mass is 9.83. The van der Waals surface area contributed by atoms with Gasteiger partial charge in [-0.3, -0.25) is 0 Å². The molecule has 4 rings (SSSR count). The topological polar surface area (TPSA) is 28.7 Å². The van der Waals surface area contributed by atoms with E-state index in [4.69, 9.17) is 0 Å². The van der Waals surface area contributed by atoms with Crippen LogP contribution in [-0.4, -0.2) is 4.57 Å². The summed E-state index contributed by atoms with van der Waals surface area (Å²) in [5.74, 6) is 0.905. The van der Waals surface area contributed by atoms with Crippen LogP contribution in [0.5, 0.6) is 0 Å². The number of rotatable bonds is 2. The molecule has 0 spiro atoms. The van der Waals surface area contributed by atoms with Crippen molar-refractivity contribution >= 4 is 10.9 Å². The van der Waals surface area contributed by atoms with Crippen molar-refractivity contribution < 1.29 is 0 Å². The standard InChI is InChI=1S/C21H20N2/c1-3-15-16-9-5-4-8-14(16)12-18(15)21-17-10-6-7-11-19(17)23(2)20(21)13-22/h4-11,15,18H,3,12H2,1-2H3/t15-,18-/m1/s1. The Morgan fingerprint density at radius 3 is 2.65 bits per heavy atom. The fourth-order valence-electron chi connectivity index (χ4n) is 4.42. The monoisotopic (exact) mass is 300 g/mol. The van der Waals surface area contributed by atoms with Crippen LogP contribution in [0.15, 0.2) is 48.5 Å². The third kappa shape index (κ3) is 1.93. The third-order valence-electron chi connectivity index (χ3n) is 5.44. The van der Waals surface area contributed by atoms with Crippen molar-refractivity contribution in [2.45, 2.75) is 31.6 Å². The first kappa shape index (κ1) is 14.1. The van der Waals surface area contributed by atoms with Gasteiger partial charge >= 0.3 is 0 Å². The van der Waals surface area contributed by atoms with Gasteiger partial charge in [0.05, 0.1) is 0 Å². The van der Waals surface area contributed by atoms with E-state index in [0.29, 0.717) is 11.8 Å². The summed E-state index contributed by atoms with van der Waals surface area (Å²) < 4.78 is 2.06. The molecule has 2 atom stereocenters. The lowest BCUT2D eigenvalue weighted by Crippen LogP contribution is -2.07. The molecule has 23 heavy (non-hydrogen) atoms. The van der Waals surface area contributed by atoms with Gasteiger partial charge in [0.1, 0.15) is 11.8 Å². The molecule has 0 fully saturated rings. The van der Waals surface area contributed by atoms with E-state index >= 15 is 0 Å². The average Bonchev–Trinajstić information content (AvgIpc) is 3.09. The van der Waals surface area contributed by atoms with Crippen LogP contribution in [0.1, 0.15) is 47.6 Å². The van der Waals surface area contributed by atoms with E-state index in [-0.39, 0.29) is 0 Å². The van der Waals surface area contributed by atoms with Crippen LogP contribution in [0.4, 0.5) is 0 Å². The Kier molecular flexibility index (Phi) is 3.23. The zero-order valence-corrected chi connectivity index (χ0v) is 13.6. The van der Waals surface area contributed by atoms with Gasteiger partial charge in [-0.2, -0.15) is 5.26 Å². The average molecular weight is 300 g/mol. The Hall–Kier alpha value is -2.53. The molecule has 2 nitrogen and oxygen atoms in total. The van der Waals surface area contributed by atoms with E-state index in [9.17, 15) is 5.26 Å². The summed E-state index contributed by atoms with van der Waals surface area (Å²) >= 11 is 0. The maximum atomic E-state index is 9.77. The number of benzene rings is 2. The number of nitriles is 1. The number of nitrogens with zero attached hydrogens (tertiary/aromatic N) is 2. The van der Waals surface area contributed by atoms with Crippen molar-refractivity contribution in [2.24, 2.45) is 7.05 Å². The van der Waals surface area contributed by atoms with Crippen LogP contribution in [0.25, 0.3) is 10.9 Å². The molecule has 0 radical (unpaired) electrons. The Balaban J connectivity index is 1.96. The minimum atomic E-state index is 0.401. The van der Waals surface area contributed by atoms with Gasteiger partial charge in [0.2, 0.25) is 0 Å². The quantitative estimate of drug-likeness (QED) is 0.663. The molecule has 0 saturated carbocycles. The summed E-state index contributed by atoms with van der Waals surface area (Å²) in [6.45, 7) is 2.26. The molecule has 1 heterocycles. The minimum Gasteiger partial charge on any atom is -0.335 e. The van der Waals surface area contributed by atoms with Gasteiger partial charge in [-0.1, -0.05) is 49.4 Å². The van der Waals surface area contributed by atoms with Crippen LogP contribution < -0.4 is 0 Å². The first-order valence-electron chi connectivity index (χ1n) is 8.31. The lowest BCUT2D eigenvalue weighted by molar-refractivity contribution is 0.566. The fraction of sp³-hybridized carbons (Fsp3) is 0.286. The normalized spacial score (nSPS) is 19.7. The second-order valence-corrected chi connectivity index (χ2v) is 6.47. The molecule has 1 aliphatic rings. The molecule has 3 aromatic rings.